The van der Waals surface area contributed by atoms with Crippen LogP contribution in [0.5, 0.6) is 0 Å². The van der Waals surface area contributed by atoms with Crippen molar-refractivity contribution in [1.29, 1.82) is 0 Å². The summed E-state index contributed by atoms with van der Waals surface area (Å²) in [5.74, 6) is -0.451. The smallest absolute Gasteiger partial charge is 0.129 e. The Labute approximate surface area is 114 Å². The number of aliphatic hydroxyl groups is 1. The average molecular weight is 266 g/mol. The van der Waals surface area contributed by atoms with Gasteiger partial charge in [-0.2, -0.15) is 0 Å². The highest BCUT2D eigenvalue weighted by atomic mass is 19.1. The summed E-state index contributed by atoms with van der Waals surface area (Å²) in [5.41, 5.74) is 0.483. The van der Waals surface area contributed by atoms with E-state index in [9.17, 15) is 9.50 Å². The van der Waals surface area contributed by atoms with Gasteiger partial charge >= 0.3 is 0 Å². The van der Waals surface area contributed by atoms with E-state index in [0.717, 1.165) is 5.56 Å². The Hall–Kier alpha value is -0.930. The van der Waals surface area contributed by atoms with Crippen molar-refractivity contribution in [2.75, 3.05) is 0 Å². The first-order valence-corrected chi connectivity index (χ1v) is 6.77. The lowest BCUT2D eigenvalue weighted by molar-refractivity contribution is -0.0882. The van der Waals surface area contributed by atoms with E-state index < -0.39 is 11.7 Å². The summed E-state index contributed by atoms with van der Waals surface area (Å²) in [6.45, 7) is 9.77. The van der Waals surface area contributed by atoms with Crippen LogP contribution < -0.4 is 0 Å². The molecule has 0 radical (unpaired) electrons. The minimum Gasteiger partial charge on any atom is -0.388 e. The van der Waals surface area contributed by atoms with Crippen molar-refractivity contribution in [3.63, 3.8) is 0 Å². The van der Waals surface area contributed by atoms with Crippen molar-refractivity contribution in [2.24, 2.45) is 5.92 Å². The highest BCUT2D eigenvalue weighted by Gasteiger charge is 2.49. The third-order valence-corrected chi connectivity index (χ3v) is 4.00. The van der Waals surface area contributed by atoms with E-state index in [1.807, 2.05) is 40.7 Å². The summed E-state index contributed by atoms with van der Waals surface area (Å²) in [6.07, 6.45) is -0.119. The molecule has 3 heteroatoms. The summed E-state index contributed by atoms with van der Waals surface area (Å²) >= 11 is 0. The fraction of sp³-hybridized carbons (Fsp3) is 0.625. The molecule has 0 aliphatic carbocycles. The van der Waals surface area contributed by atoms with E-state index in [-0.39, 0.29) is 17.3 Å². The number of hydrogen-bond donors (Lipinski definition) is 1. The zero-order valence-electron chi connectivity index (χ0n) is 12.3. The van der Waals surface area contributed by atoms with Gasteiger partial charge in [-0.25, -0.2) is 4.39 Å². The molecule has 1 fully saturated rings. The maximum atomic E-state index is 14.0. The molecule has 1 aromatic rings. The van der Waals surface area contributed by atoms with Gasteiger partial charge in [-0.15, -0.1) is 0 Å². The van der Waals surface area contributed by atoms with Gasteiger partial charge in [0, 0.05) is 11.5 Å². The van der Waals surface area contributed by atoms with Gasteiger partial charge in [-0.1, -0.05) is 12.1 Å². The van der Waals surface area contributed by atoms with Crippen LogP contribution in [-0.4, -0.2) is 16.3 Å². The summed E-state index contributed by atoms with van der Waals surface area (Å²) in [7, 11) is 0. The molecule has 1 saturated heterocycles. The van der Waals surface area contributed by atoms with E-state index >= 15 is 0 Å². The van der Waals surface area contributed by atoms with Gasteiger partial charge in [0.15, 0.2) is 0 Å². The van der Waals surface area contributed by atoms with Crippen LogP contribution >= 0.6 is 0 Å². The van der Waals surface area contributed by atoms with Gasteiger partial charge in [0.05, 0.1) is 17.3 Å². The van der Waals surface area contributed by atoms with E-state index in [1.54, 1.807) is 6.07 Å². The summed E-state index contributed by atoms with van der Waals surface area (Å²) < 4.78 is 20.0. The quantitative estimate of drug-likeness (QED) is 0.883. The molecule has 1 N–H and O–H groups in total. The normalized spacial score (nSPS) is 26.4. The highest BCUT2D eigenvalue weighted by molar-refractivity contribution is 5.26. The van der Waals surface area contributed by atoms with E-state index in [1.165, 1.54) is 6.07 Å². The number of aryl methyl sites for hydroxylation is 1. The molecule has 0 aromatic heterocycles. The zero-order chi connectivity index (χ0) is 14.4. The average Bonchev–Trinajstić information content (AvgIpc) is 2.45. The second-order valence-electron chi connectivity index (χ2n) is 6.75. The number of hydrogen-bond acceptors (Lipinski definition) is 2. The summed E-state index contributed by atoms with van der Waals surface area (Å²) in [4.78, 5) is 0. The molecule has 0 spiro atoms. The minimum absolute atomic E-state index is 0.111. The fourth-order valence-electron chi connectivity index (χ4n) is 3.19. The lowest BCUT2D eigenvalue weighted by atomic mass is 9.80. The predicted molar refractivity (Wildman–Crippen MR) is 73.4 cm³/mol. The van der Waals surface area contributed by atoms with Crippen molar-refractivity contribution < 1.29 is 14.2 Å². The first-order valence-electron chi connectivity index (χ1n) is 6.77. The Bertz CT molecular complexity index is 480. The predicted octanol–water partition coefficient (Wildman–Crippen LogP) is 3.76. The highest BCUT2D eigenvalue weighted by Crippen LogP contribution is 2.47. The second-order valence-corrected chi connectivity index (χ2v) is 6.75. The number of aliphatic hydroxyl groups excluding tert-OH is 1. The van der Waals surface area contributed by atoms with E-state index in [0.29, 0.717) is 12.0 Å². The second kappa shape index (κ2) is 4.57. The molecule has 2 rings (SSSR count). The van der Waals surface area contributed by atoms with Crippen molar-refractivity contribution >= 4 is 0 Å². The molecule has 106 valence electrons. The topological polar surface area (TPSA) is 29.5 Å². The van der Waals surface area contributed by atoms with Gasteiger partial charge in [0.25, 0.3) is 0 Å². The van der Waals surface area contributed by atoms with Crippen molar-refractivity contribution in [2.45, 2.75) is 58.3 Å². The standard InChI is InChI=1S/C16H23FO2/c1-10-6-7-11(13(17)8-10)14(18)12-9-15(2,3)19-16(12,4)5/h6-8,12,14,18H,9H2,1-5H3. The van der Waals surface area contributed by atoms with Crippen LogP contribution in [0.1, 0.15) is 51.3 Å². The van der Waals surface area contributed by atoms with Crippen LogP contribution in [0.4, 0.5) is 4.39 Å². The minimum atomic E-state index is -0.836. The Morgan fingerprint density at radius 1 is 1.32 bits per heavy atom. The van der Waals surface area contributed by atoms with E-state index in [2.05, 4.69) is 0 Å². The molecular weight excluding hydrogens is 243 g/mol. The van der Waals surface area contributed by atoms with Crippen LogP contribution in [0.15, 0.2) is 18.2 Å². The van der Waals surface area contributed by atoms with Crippen LogP contribution in [0.3, 0.4) is 0 Å². The first kappa shape index (κ1) is 14.5. The van der Waals surface area contributed by atoms with Gasteiger partial charge in [0.2, 0.25) is 0 Å². The molecule has 19 heavy (non-hydrogen) atoms. The molecule has 0 amide bonds. The molecular formula is C16H23FO2. The van der Waals surface area contributed by atoms with Gasteiger partial charge < -0.3 is 9.84 Å². The SMILES string of the molecule is Cc1ccc(C(O)C2CC(C)(C)OC2(C)C)c(F)c1. The Morgan fingerprint density at radius 3 is 2.42 bits per heavy atom. The van der Waals surface area contributed by atoms with Crippen LogP contribution in [0.25, 0.3) is 0 Å². The lowest BCUT2D eigenvalue weighted by Crippen LogP contribution is -2.33. The molecule has 2 unspecified atom stereocenters. The van der Waals surface area contributed by atoms with Crippen LogP contribution in [-0.2, 0) is 4.74 Å². The largest absolute Gasteiger partial charge is 0.388 e. The lowest BCUT2D eigenvalue weighted by Gasteiger charge is -2.30. The van der Waals surface area contributed by atoms with Crippen molar-refractivity contribution in [3.05, 3.63) is 35.1 Å². The van der Waals surface area contributed by atoms with E-state index in [4.69, 9.17) is 4.74 Å². The first-order chi connectivity index (χ1) is 8.62. The van der Waals surface area contributed by atoms with Gasteiger partial charge in [-0.05, 0) is 52.7 Å². The van der Waals surface area contributed by atoms with Crippen LogP contribution in [0, 0.1) is 18.7 Å². The zero-order valence-corrected chi connectivity index (χ0v) is 12.3. The summed E-state index contributed by atoms with van der Waals surface area (Å²) in [6, 6.07) is 4.97. The molecule has 1 aromatic carbocycles. The van der Waals surface area contributed by atoms with Crippen LogP contribution in [0.2, 0.25) is 0 Å². The molecule has 0 bridgehead atoms. The summed E-state index contributed by atoms with van der Waals surface area (Å²) in [5, 5.41) is 10.5. The van der Waals surface area contributed by atoms with Gasteiger partial charge in [0.1, 0.15) is 5.82 Å². The monoisotopic (exact) mass is 266 g/mol. The number of ether oxygens (including phenoxy) is 1. The van der Waals surface area contributed by atoms with Crippen molar-refractivity contribution in [1.82, 2.24) is 0 Å². The van der Waals surface area contributed by atoms with Crippen molar-refractivity contribution in [3.8, 4) is 0 Å². The number of halogens is 1. The number of rotatable bonds is 2. The molecule has 2 atom stereocenters. The Balaban J connectivity index is 2.31. The van der Waals surface area contributed by atoms with Gasteiger partial charge in [-0.3, -0.25) is 0 Å². The molecule has 1 aliphatic heterocycles. The number of benzene rings is 1. The third kappa shape index (κ3) is 2.82. The maximum Gasteiger partial charge on any atom is 0.129 e. The maximum absolute atomic E-state index is 14.0. The third-order valence-electron chi connectivity index (χ3n) is 4.00. The fourth-order valence-corrected chi connectivity index (χ4v) is 3.19. The molecule has 1 aliphatic rings. The Morgan fingerprint density at radius 2 is 1.95 bits per heavy atom. The molecule has 1 heterocycles. The molecule has 0 saturated carbocycles. The Kier molecular flexibility index (Phi) is 3.48. The molecule has 2 nitrogen and oxygen atoms in total.